The summed E-state index contributed by atoms with van der Waals surface area (Å²) >= 11 is 3.29. The molecule has 1 amide bonds. The summed E-state index contributed by atoms with van der Waals surface area (Å²) < 4.78 is 23.4. The van der Waals surface area contributed by atoms with Crippen LogP contribution < -0.4 is 10.5 Å². The smallest absolute Gasteiger partial charge is 0.238 e. The topological polar surface area (TPSA) is 89.3 Å². The third-order valence-electron chi connectivity index (χ3n) is 4.03. The van der Waals surface area contributed by atoms with Crippen LogP contribution in [0, 0.1) is 18.8 Å². The summed E-state index contributed by atoms with van der Waals surface area (Å²) in [5.74, 6) is 0.396. The molecule has 1 aromatic carbocycles. The molecule has 1 fully saturated rings. The second-order valence-corrected chi connectivity index (χ2v) is 8.03. The number of rotatable bonds is 3. The molecule has 1 saturated carbocycles. The van der Waals surface area contributed by atoms with Gasteiger partial charge in [-0.3, -0.25) is 4.79 Å². The van der Waals surface area contributed by atoms with E-state index in [9.17, 15) is 13.2 Å². The van der Waals surface area contributed by atoms with Crippen LogP contribution in [0.15, 0.2) is 21.5 Å². The lowest BCUT2D eigenvalue weighted by Crippen LogP contribution is -2.25. The van der Waals surface area contributed by atoms with Gasteiger partial charge in [-0.2, -0.15) is 0 Å². The summed E-state index contributed by atoms with van der Waals surface area (Å²) in [6, 6.07) is 3.06. The van der Waals surface area contributed by atoms with E-state index in [0.29, 0.717) is 21.6 Å². The van der Waals surface area contributed by atoms with Crippen molar-refractivity contribution in [3.05, 3.63) is 22.2 Å². The first kappa shape index (κ1) is 16.5. The number of carbonyl (C=O) groups is 1. The van der Waals surface area contributed by atoms with Gasteiger partial charge in [-0.15, -0.1) is 0 Å². The molecule has 2 unspecified atom stereocenters. The number of benzene rings is 1. The molecule has 3 N–H and O–H groups in total. The number of nitrogens with one attached hydrogen (secondary N) is 1. The average molecular weight is 375 g/mol. The molecule has 1 aliphatic rings. The van der Waals surface area contributed by atoms with Crippen LogP contribution >= 0.6 is 15.9 Å². The van der Waals surface area contributed by atoms with Crippen molar-refractivity contribution in [3.63, 3.8) is 0 Å². The number of hydrogen-bond donors (Lipinski definition) is 2. The summed E-state index contributed by atoms with van der Waals surface area (Å²) in [5.41, 5.74) is 1.08. The highest BCUT2D eigenvalue weighted by molar-refractivity contribution is 9.10. The van der Waals surface area contributed by atoms with E-state index in [2.05, 4.69) is 28.2 Å². The highest BCUT2D eigenvalue weighted by Crippen LogP contribution is 2.34. The standard InChI is InChI=1S/C14H19BrN2O3S/c1-8-4-3-5-10(8)14(18)17-12-6-9(2)13(7-11(12)15)21(16,19)20/h6-8,10H,3-5H2,1-2H3,(H,17,18)(H2,16,19,20). The minimum Gasteiger partial charge on any atom is -0.325 e. The van der Waals surface area contributed by atoms with E-state index >= 15 is 0 Å². The first-order valence-corrected chi connectivity index (χ1v) is 9.18. The molecule has 0 spiro atoms. The van der Waals surface area contributed by atoms with Gasteiger partial charge in [0.15, 0.2) is 0 Å². The normalized spacial score (nSPS) is 22.3. The maximum atomic E-state index is 12.3. The molecule has 0 bridgehead atoms. The Hall–Kier alpha value is -0.920. The fourth-order valence-electron chi connectivity index (χ4n) is 2.83. The molecule has 5 nitrogen and oxygen atoms in total. The molecular weight excluding hydrogens is 356 g/mol. The minimum atomic E-state index is -3.77. The van der Waals surface area contributed by atoms with Gasteiger partial charge in [-0.25, -0.2) is 13.6 Å². The highest BCUT2D eigenvalue weighted by atomic mass is 79.9. The molecule has 7 heteroatoms. The summed E-state index contributed by atoms with van der Waals surface area (Å²) in [6.45, 7) is 3.74. The predicted molar refractivity (Wildman–Crippen MR) is 85.4 cm³/mol. The monoisotopic (exact) mass is 374 g/mol. The molecular formula is C14H19BrN2O3S. The van der Waals surface area contributed by atoms with Gasteiger partial charge in [0.2, 0.25) is 15.9 Å². The van der Waals surface area contributed by atoms with Crippen molar-refractivity contribution in [2.75, 3.05) is 5.32 Å². The number of carbonyl (C=O) groups excluding carboxylic acids is 1. The van der Waals surface area contributed by atoms with Crippen molar-refractivity contribution >= 4 is 37.5 Å². The third kappa shape index (κ3) is 3.64. The molecule has 0 radical (unpaired) electrons. The lowest BCUT2D eigenvalue weighted by atomic mass is 9.97. The highest BCUT2D eigenvalue weighted by Gasteiger charge is 2.30. The Balaban J connectivity index is 2.25. The van der Waals surface area contributed by atoms with Gasteiger partial charge >= 0.3 is 0 Å². The van der Waals surface area contributed by atoms with E-state index in [0.717, 1.165) is 19.3 Å². The van der Waals surface area contributed by atoms with Crippen molar-refractivity contribution < 1.29 is 13.2 Å². The SMILES string of the molecule is Cc1cc(NC(=O)C2CCCC2C)c(Br)cc1S(N)(=O)=O. The predicted octanol–water partition coefficient (Wildman–Crippen LogP) is 2.78. The Morgan fingerprint density at radius 1 is 1.38 bits per heavy atom. The number of sulfonamides is 1. The second-order valence-electron chi connectivity index (χ2n) is 5.65. The summed E-state index contributed by atoms with van der Waals surface area (Å²) in [6.07, 6.45) is 3.05. The maximum absolute atomic E-state index is 12.3. The van der Waals surface area contributed by atoms with Gasteiger partial charge in [-0.05, 0) is 59.3 Å². The molecule has 2 rings (SSSR count). The van der Waals surface area contributed by atoms with Crippen LogP contribution in [0.2, 0.25) is 0 Å². The molecule has 0 saturated heterocycles. The van der Waals surface area contributed by atoms with Gasteiger partial charge in [0.05, 0.1) is 10.6 Å². The van der Waals surface area contributed by atoms with Crippen LogP contribution in [-0.2, 0) is 14.8 Å². The van der Waals surface area contributed by atoms with Gasteiger partial charge < -0.3 is 5.32 Å². The van der Waals surface area contributed by atoms with E-state index < -0.39 is 10.0 Å². The summed E-state index contributed by atoms with van der Waals surface area (Å²) in [7, 11) is -3.77. The van der Waals surface area contributed by atoms with Crippen LogP contribution in [-0.4, -0.2) is 14.3 Å². The largest absolute Gasteiger partial charge is 0.325 e. The van der Waals surface area contributed by atoms with E-state index in [1.807, 2.05) is 0 Å². The molecule has 116 valence electrons. The van der Waals surface area contributed by atoms with Crippen molar-refractivity contribution in [1.82, 2.24) is 0 Å². The van der Waals surface area contributed by atoms with Crippen LogP contribution in [0.4, 0.5) is 5.69 Å². The Bertz CT molecular complexity index is 673. The Morgan fingerprint density at radius 2 is 2.05 bits per heavy atom. The molecule has 0 aromatic heterocycles. The number of amides is 1. The Labute approximate surface area is 133 Å². The molecule has 0 heterocycles. The molecule has 1 aliphatic carbocycles. The van der Waals surface area contributed by atoms with Crippen LogP contribution in [0.25, 0.3) is 0 Å². The zero-order valence-corrected chi connectivity index (χ0v) is 14.4. The summed E-state index contributed by atoms with van der Waals surface area (Å²) in [5, 5.41) is 8.04. The van der Waals surface area contributed by atoms with Crippen molar-refractivity contribution in [2.24, 2.45) is 17.0 Å². The third-order valence-corrected chi connectivity index (χ3v) is 5.74. The van der Waals surface area contributed by atoms with Gasteiger partial charge in [0, 0.05) is 10.4 Å². The van der Waals surface area contributed by atoms with Gasteiger partial charge in [0.1, 0.15) is 0 Å². The fourth-order valence-corrected chi connectivity index (χ4v) is 4.21. The zero-order chi connectivity index (χ0) is 15.8. The van der Waals surface area contributed by atoms with E-state index in [1.165, 1.54) is 6.07 Å². The fraction of sp³-hybridized carbons (Fsp3) is 0.500. The number of primary sulfonamides is 1. The first-order valence-electron chi connectivity index (χ1n) is 6.84. The molecule has 21 heavy (non-hydrogen) atoms. The molecule has 2 atom stereocenters. The number of hydrogen-bond acceptors (Lipinski definition) is 3. The van der Waals surface area contributed by atoms with E-state index in [4.69, 9.17) is 5.14 Å². The molecule has 0 aliphatic heterocycles. The first-order chi connectivity index (χ1) is 9.70. The molecule has 1 aromatic rings. The number of halogens is 1. The van der Waals surface area contributed by atoms with Gasteiger partial charge in [0.25, 0.3) is 0 Å². The quantitative estimate of drug-likeness (QED) is 0.851. The summed E-state index contributed by atoms with van der Waals surface area (Å²) in [4.78, 5) is 12.4. The van der Waals surface area contributed by atoms with Crippen molar-refractivity contribution in [2.45, 2.75) is 38.0 Å². The maximum Gasteiger partial charge on any atom is 0.238 e. The second kappa shape index (κ2) is 6.06. The number of aryl methyl sites for hydroxylation is 1. The minimum absolute atomic E-state index is 0.0107. The average Bonchev–Trinajstić information content (AvgIpc) is 2.78. The zero-order valence-electron chi connectivity index (χ0n) is 12.0. The van der Waals surface area contributed by atoms with E-state index in [1.54, 1.807) is 13.0 Å². The lowest BCUT2D eigenvalue weighted by molar-refractivity contribution is -0.120. The van der Waals surface area contributed by atoms with Gasteiger partial charge in [-0.1, -0.05) is 13.3 Å². The number of nitrogens with two attached hydrogens (primary N) is 1. The lowest BCUT2D eigenvalue weighted by Gasteiger charge is -2.17. The number of anilines is 1. The van der Waals surface area contributed by atoms with E-state index in [-0.39, 0.29) is 16.7 Å². The Morgan fingerprint density at radius 3 is 2.57 bits per heavy atom. The Kier molecular flexibility index (Phi) is 4.75. The van der Waals surface area contributed by atoms with Crippen molar-refractivity contribution in [1.29, 1.82) is 0 Å². The van der Waals surface area contributed by atoms with Crippen LogP contribution in [0.5, 0.6) is 0 Å². The van der Waals surface area contributed by atoms with Crippen LogP contribution in [0.3, 0.4) is 0 Å². The van der Waals surface area contributed by atoms with Crippen LogP contribution in [0.1, 0.15) is 31.7 Å². The van der Waals surface area contributed by atoms with Crippen molar-refractivity contribution in [3.8, 4) is 0 Å².